The standard InChI is InChI=1S/C14H11NO4/c1-9(16)10-2-5-12(6-3-10)19-13-7-4-11(8-15-13)14(17)18/h2-8H,1H3,(H,17,18). The highest BCUT2D eigenvalue weighted by Crippen LogP contribution is 2.20. The molecule has 0 saturated carbocycles. The molecule has 1 N–H and O–H groups in total. The Morgan fingerprint density at radius 1 is 1.05 bits per heavy atom. The predicted molar refractivity (Wildman–Crippen MR) is 67.7 cm³/mol. The Labute approximate surface area is 109 Å². The topological polar surface area (TPSA) is 76.5 Å². The van der Waals surface area contributed by atoms with Gasteiger partial charge >= 0.3 is 5.97 Å². The van der Waals surface area contributed by atoms with Crippen molar-refractivity contribution in [2.45, 2.75) is 6.92 Å². The van der Waals surface area contributed by atoms with E-state index in [-0.39, 0.29) is 11.3 Å². The summed E-state index contributed by atoms with van der Waals surface area (Å²) in [5, 5.41) is 8.74. The number of carboxylic acids is 1. The molecule has 2 rings (SSSR count). The van der Waals surface area contributed by atoms with Gasteiger partial charge in [0.1, 0.15) is 5.75 Å². The zero-order valence-corrected chi connectivity index (χ0v) is 10.2. The Hall–Kier alpha value is -2.69. The molecule has 0 aliphatic carbocycles. The van der Waals surface area contributed by atoms with Gasteiger partial charge in [-0.2, -0.15) is 0 Å². The van der Waals surface area contributed by atoms with Gasteiger partial charge in [-0.25, -0.2) is 9.78 Å². The molecule has 2 aromatic rings. The van der Waals surface area contributed by atoms with Crippen molar-refractivity contribution < 1.29 is 19.4 Å². The lowest BCUT2D eigenvalue weighted by molar-refractivity contribution is 0.0696. The highest BCUT2D eigenvalue weighted by molar-refractivity contribution is 5.94. The molecule has 0 bridgehead atoms. The second-order valence-corrected chi connectivity index (χ2v) is 3.87. The highest BCUT2D eigenvalue weighted by atomic mass is 16.5. The number of pyridine rings is 1. The summed E-state index contributed by atoms with van der Waals surface area (Å²) in [6.07, 6.45) is 1.22. The first-order valence-electron chi connectivity index (χ1n) is 5.54. The number of hydrogen-bond acceptors (Lipinski definition) is 4. The average Bonchev–Trinajstić information content (AvgIpc) is 2.40. The lowest BCUT2D eigenvalue weighted by Gasteiger charge is -2.05. The molecule has 0 amide bonds. The number of carbonyl (C=O) groups is 2. The van der Waals surface area contributed by atoms with Crippen molar-refractivity contribution in [1.82, 2.24) is 4.98 Å². The van der Waals surface area contributed by atoms with Crippen LogP contribution < -0.4 is 4.74 Å². The van der Waals surface area contributed by atoms with Crippen LogP contribution in [0.2, 0.25) is 0 Å². The molecule has 1 heterocycles. The van der Waals surface area contributed by atoms with Gasteiger partial charge in [0, 0.05) is 17.8 Å². The lowest BCUT2D eigenvalue weighted by Crippen LogP contribution is -1.97. The van der Waals surface area contributed by atoms with E-state index in [0.717, 1.165) is 0 Å². The number of ether oxygens (including phenoxy) is 1. The summed E-state index contributed by atoms with van der Waals surface area (Å²) in [6.45, 7) is 1.49. The monoisotopic (exact) mass is 257 g/mol. The van der Waals surface area contributed by atoms with Gasteiger partial charge in [0.2, 0.25) is 5.88 Å². The molecule has 0 aliphatic rings. The van der Waals surface area contributed by atoms with Crippen LogP contribution in [0.25, 0.3) is 0 Å². The van der Waals surface area contributed by atoms with Crippen LogP contribution >= 0.6 is 0 Å². The van der Waals surface area contributed by atoms with Crippen LogP contribution in [0.1, 0.15) is 27.6 Å². The molecule has 0 spiro atoms. The van der Waals surface area contributed by atoms with Gasteiger partial charge in [-0.05, 0) is 37.3 Å². The first-order chi connectivity index (χ1) is 9.06. The minimum absolute atomic E-state index is 0.0181. The molecule has 1 aromatic heterocycles. The van der Waals surface area contributed by atoms with Crippen molar-refractivity contribution in [3.63, 3.8) is 0 Å². The lowest BCUT2D eigenvalue weighted by atomic mass is 10.1. The first kappa shape index (κ1) is 12.8. The molecule has 0 aliphatic heterocycles. The van der Waals surface area contributed by atoms with Crippen LogP contribution in [-0.4, -0.2) is 21.8 Å². The predicted octanol–water partition coefficient (Wildman–Crippen LogP) is 2.77. The smallest absolute Gasteiger partial charge is 0.337 e. The fraction of sp³-hybridized carbons (Fsp3) is 0.0714. The molecule has 5 heteroatoms. The summed E-state index contributed by atoms with van der Waals surface area (Å²) < 4.78 is 5.43. The number of hydrogen-bond donors (Lipinski definition) is 1. The number of benzene rings is 1. The SMILES string of the molecule is CC(=O)c1ccc(Oc2ccc(C(=O)O)cn2)cc1. The zero-order chi connectivity index (χ0) is 13.8. The number of rotatable bonds is 4. The summed E-state index contributed by atoms with van der Waals surface area (Å²) >= 11 is 0. The maximum atomic E-state index is 11.1. The Balaban J connectivity index is 2.12. The quantitative estimate of drug-likeness (QED) is 0.852. The zero-order valence-electron chi connectivity index (χ0n) is 10.2. The molecule has 1 aromatic carbocycles. The Kier molecular flexibility index (Phi) is 3.56. The van der Waals surface area contributed by atoms with Crippen molar-refractivity contribution in [3.05, 3.63) is 53.7 Å². The van der Waals surface area contributed by atoms with Crippen molar-refractivity contribution in [3.8, 4) is 11.6 Å². The van der Waals surface area contributed by atoms with Gasteiger partial charge in [0.05, 0.1) is 5.56 Å². The highest BCUT2D eigenvalue weighted by Gasteiger charge is 2.05. The van der Waals surface area contributed by atoms with Gasteiger partial charge < -0.3 is 9.84 Å². The van der Waals surface area contributed by atoms with Crippen LogP contribution in [0.4, 0.5) is 0 Å². The molecular weight excluding hydrogens is 246 g/mol. The molecular formula is C14H11NO4. The molecule has 0 unspecified atom stereocenters. The van der Waals surface area contributed by atoms with E-state index in [2.05, 4.69) is 4.98 Å². The molecule has 96 valence electrons. The Morgan fingerprint density at radius 3 is 2.16 bits per heavy atom. The summed E-state index contributed by atoms with van der Waals surface area (Å²) in [5.74, 6) is -0.235. The van der Waals surface area contributed by atoms with E-state index >= 15 is 0 Å². The van der Waals surface area contributed by atoms with E-state index in [0.29, 0.717) is 17.2 Å². The van der Waals surface area contributed by atoms with Crippen molar-refractivity contribution >= 4 is 11.8 Å². The van der Waals surface area contributed by atoms with Crippen LogP contribution in [0.5, 0.6) is 11.6 Å². The number of ketones is 1. The number of aromatic nitrogens is 1. The number of aromatic carboxylic acids is 1. The van der Waals surface area contributed by atoms with Crippen LogP contribution in [0.15, 0.2) is 42.6 Å². The van der Waals surface area contributed by atoms with Crippen LogP contribution in [0, 0.1) is 0 Å². The van der Waals surface area contributed by atoms with E-state index < -0.39 is 5.97 Å². The second kappa shape index (κ2) is 5.30. The molecule has 0 radical (unpaired) electrons. The first-order valence-corrected chi connectivity index (χ1v) is 5.54. The van der Waals surface area contributed by atoms with Gasteiger partial charge in [0.25, 0.3) is 0 Å². The van der Waals surface area contributed by atoms with E-state index in [1.165, 1.54) is 25.3 Å². The molecule has 5 nitrogen and oxygen atoms in total. The van der Waals surface area contributed by atoms with E-state index in [9.17, 15) is 9.59 Å². The summed E-state index contributed by atoms with van der Waals surface area (Å²) in [4.78, 5) is 25.6. The number of carbonyl (C=O) groups excluding carboxylic acids is 1. The fourth-order valence-corrected chi connectivity index (χ4v) is 1.45. The molecule has 0 atom stereocenters. The van der Waals surface area contributed by atoms with E-state index in [1.807, 2.05) is 0 Å². The third-order valence-corrected chi connectivity index (χ3v) is 2.47. The Morgan fingerprint density at radius 2 is 1.68 bits per heavy atom. The van der Waals surface area contributed by atoms with E-state index in [4.69, 9.17) is 9.84 Å². The second-order valence-electron chi connectivity index (χ2n) is 3.87. The molecule has 19 heavy (non-hydrogen) atoms. The third kappa shape index (κ3) is 3.16. The number of carboxylic acid groups (broad SMARTS) is 1. The largest absolute Gasteiger partial charge is 0.478 e. The van der Waals surface area contributed by atoms with Gasteiger partial charge in [-0.15, -0.1) is 0 Å². The normalized spacial score (nSPS) is 9.95. The van der Waals surface area contributed by atoms with Gasteiger partial charge in [0.15, 0.2) is 5.78 Å². The summed E-state index contributed by atoms with van der Waals surface area (Å²) in [7, 11) is 0. The van der Waals surface area contributed by atoms with E-state index in [1.54, 1.807) is 24.3 Å². The van der Waals surface area contributed by atoms with Crippen molar-refractivity contribution in [2.75, 3.05) is 0 Å². The maximum absolute atomic E-state index is 11.1. The maximum Gasteiger partial charge on any atom is 0.337 e. The van der Waals surface area contributed by atoms with Gasteiger partial charge in [-0.3, -0.25) is 4.79 Å². The molecule has 0 saturated heterocycles. The minimum Gasteiger partial charge on any atom is -0.478 e. The molecule has 0 fully saturated rings. The van der Waals surface area contributed by atoms with Gasteiger partial charge in [-0.1, -0.05) is 0 Å². The average molecular weight is 257 g/mol. The Bertz CT molecular complexity index is 547. The number of nitrogens with zero attached hydrogens (tertiary/aromatic N) is 1. The summed E-state index contributed by atoms with van der Waals surface area (Å²) in [5.41, 5.74) is 0.695. The van der Waals surface area contributed by atoms with Crippen molar-refractivity contribution in [1.29, 1.82) is 0 Å². The fourth-order valence-electron chi connectivity index (χ4n) is 1.45. The van der Waals surface area contributed by atoms with Crippen LogP contribution in [0.3, 0.4) is 0 Å². The third-order valence-electron chi connectivity index (χ3n) is 2.47. The summed E-state index contributed by atoms with van der Waals surface area (Å²) in [6, 6.07) is 9.51. The minimum atomic E-state index is -1.04. The van der Waals surface area contributed by atoms with Crippen molar-refractivity contribution in [2.24, 2.45) is 0 Å². The van der Waals surface area contributed by atoms with Crippen LogP contribution in [-0.2, 0) is 0 Å². The number of Topliss-reactive ketones (excluding diaryl/α,β-unsaturated/α-hetero) is 1.